The van der Waals surface area contributed by atoms with E-state index < -0.39 is 29.3 Å². The van der Waals surface area contributed by atoms with Crippen molar-refractivity contribution in [1.82, 2.24) is 4.90 Å². The molecule has 3 rings (SSSR count). The van der Waals surface area contributed by atoms with Crippen molar-refractivity contribution < 1.29 is 29.1 Å². The van der Waals surface area contributed by atoms with Crippen molar-refractivity contribution in [3.63, 3.8) is 0 Å². The van der Waals surface area contributed by atoms with Gasteiger partial charge in [-0.25, -0.2) is 9.78 Å². The zero-order chi connectivity index (χ0) is 23.4. The highest BCUT2D eigenvalue weighted by molar-refractivity contribution is 6.15. The van der Waals surface area contributed by atoms with E-state index >= 15 is 0 Å². The fourth-order valence-corrected chi connectivity index (χ4v) is 3.16. The third-order valence-corrected chi connectivity index (χ3v) is 5.19. The van der Waals surface area contributed by atoms with E-state index in [-0.39, 0.29) is 6.54 Å². The van der Waals surface area contributed by atoms with Gasteiger partial charge in [-0.2, -0.15) is 9.78 Å². The Balaban J connectivity index is 1.72. The molecule has 32 heavy (non-hydrogen) atoms. The molecule has 0 unspecified atom stereocenters. The minimum atomic E-state index is -1.17. The lowest BCUT2D eigenvalue weighted by Gasteiger charge is -2.30. The van der Waals surface area contributed by atoms with Gasteiger partial charge in [-0.05, 0) is 45.7 Å². The summed E-state index contributed by atoms with van der Waals surface area (Å²) in [4.78, 5) is 48.1. The van der Waals surface area contributed by atoms with Crippen molar-refractivity contribution in [2.45, 2.75) is 52.1 Å². The van der Waals surface area contributed by atoms with Crippen LogP contribution in [0.4, 0.5) is 0 Å². The highest BCUT2D eigenvalue weighted by Crippen LogP contribution is 2.28. The molecular weight excluding hydrogens is 410 g/mol. The zero-order valence-corrected chi connectivity index (χ0v) is 19.0. The van der Waals surface area contributed by atoms with Crippen molar-refractivity contribution in [2.24, 2.45) is 0 Å². The second kappa shape index (κ2) is 9.75. The van der Waals surface area contributed by atoms with Crippen LogP contribution >= 0.6 is 0 Å². The van der Waals surface area contributed by atoms with Gasteiger partial charge < -0.3 is 0 Å². The smallest absolute Gasteiger partial charge is 0.256 e. The molecule has 7 heteroatoms. The maximum atomic E-state index is 12.3. The Morgan fingerprint density at radius 3 is 1.59 bits per heavy atom. The first kappa shape index (κ1) is 23.8. The first-order chi connectivity index (χ1) is 15.1. The average Bonchev–Trinajstić information content (AvgIpc) is 3.02. The SMILES string of the molecule is CC1=CC(=O)N(CC(OOC(C)(C)c2ccccc2)OOC(C)(C)c2ccccc2)C1=O. The minimum absolute atomic E-state index is 0.193. The lowest BCUT2D eigenvalue weighted by Crippen LogP contribution is -2.42. The number of amides is 2. The lowest BCUT2D eigenvalue weighted by atomic mass is 9.99. The third kappa shape index (κ3) is 5.69. The first-order valence-electron chi connectivity index (χ1n) is 10.4. The number of hydrogen-bond donors (Lipinski definition) is 0. The minimum Gasteiger partial charge on any atom is -0.270 e. The van der Waals surface area contributed by atoms with Crippen molar-refractivity contribution in [3.05, 3.63) is 83.4 Å². The van der Waals surface area contributed by atoms with Crippen molar-refractivity contribution >= 4 is 11.8 Å². The molecule has 7 nitrogen and oxygen atoms in total. The number of carbonyl (C=O) groups is 2. The van der Waals surface area contributed by atoms with E-state index in [1.807, 2.05) is 88.4 Å². The predicted molar refractivity (Wildman–Crippen MR) is 118 cm³/mol. The maximum absolute atomic E-state index is 12.3. The Labute approximate surface area is 188 Å². The van der Waals surface area contributed by atoms with Gasteiger partial charge >= 0.3 is 0 Å². The summed E-state index contributed by atoms with van der Waals surface area (Å²) >= 11 is 0. The molecule has 1 aliphatic rings. The normalized spacial score (nSPS) is 14.9. The molecule has 0 bridgehead atoms. The van der Waals surface area contributed by atoms with Crippen LogP contribution < -0.4 is 0 Å². The maximum Gasteiger partial charge on any atom is 0.256 e. The molecule has 0 saturated carbocycles. The fraction of sp³-hybridized carbons (Fsp3) is 0.360. The molecule has 170 valence electrons. The van der Waals surface area contributed by atoms with Gasteiger partial charge in [0.1, 0.15) is 11.2 Å². The molecule has 1 heterocycles. The van der Waals surface area contributed by atoms with Crippen molar-refractivity contribution in [1.29, 1.82) is 0 Å². The molecule has 2 amide bonds. The number of nitrogens with zero attached hydrogens (tertiary/aromatic N) is 1. The van der Waals surface area contributed by atoms with Crippen LogP contribution in [0.15, 0.2) is 72.3 Å². The molecule has 0 aliphatic carbocycles. The van der Waals surface area contributed by atoms with Gasteiger partial charge in [-0.1, -0.05) is 60.7 Å². The van der Waals surface area contributed by atoms with Crippen LogP contribution in [0.5, 0.6) is 0 Å². The highest BCUT2D eigenvalue weighted by atomic mass is 17.3. The van der Waals surface area contributed by atoms with Crippen LogP contribution in [-0.2, 0) is 40.3 Å². The highest BCUT2D eigenvalue weighted by Gasteiger charge is 2.35. The van der Waals surface area contributed by atoms with E-state index in [1.165, 1.54) is 6.08 Å². The third-order valence-electron chi connectivity index (χ3n) is 5.19. The summed E-state index contributed by atoms with van der Waals surface area (Å²) in [6.07, 6.45) is 0.108. The average molecular weight is 440 g/mol. The number of hydrogen-bond acceptors (Lipinski definition) is 6. The van der Waals surface area contributed by atoms with E-state index in [0.29, 0.717) is 5.57 Å². The molecule has 0 saturated heterocycles. The van der Waals surface area contributed by atoms with Gasteiger partial charge in [0.25, 0.3) is 11.8 Å². The molecule has 0 aromatic heterocycles. The monoisotopic (exact) mass is 439 g/mol. The van der Waals surface area contributed by atoms with Gasteiger partial charge in [-0.15, -0.1) is 0 Å². The van der Waals surface area contributed by atoms with Crippen LogP contribution in [0.3, 0.4) is 0 Å². The molecule has 0 radical (unpaired) electrons. The van der Waals surface area contributed by atoms with Crippen LogP contribution in [0.25, 0.3) is 0 Å². The van der Waals surface area contributed by atoms with E-state index in [4.69, 9.17) is 19.6 Å². The van der Waals surface area contributed by atoms with Crippen LogP contribution in [-0.4, -0.2) is 29.5 Å². The number of benzene rings is 2. The number of carbonyl (C=O) groups excluding carboxylic acids is 2. The summed E-state index contributed by atoms with van der Waals surface area (Å²) < 4.78 is 0. The molecule has 2 aromatic carbocycles. The van der Waals surface area contributed by atoms with Crippen LogP contribution in [0.1, 0.15) is 45.7 Å². The standard InChI is InChI=1S/C25H29NO6/c1-18-16-21(27)26(23(18)28)17-22(29-31-24(2,3)19-12-8-6-9-13-19)30-32-25(4,5)20-14-10-7-11-15-20/h6-16,22H,17H2,1-5H3. The lowest BCUT2D eigenvalue weighted by molar-refractivity contribution is -0.503. The summed E-state index contributed by atoms with van der Waals surface area (Å²) in [5, 5.41) is 0. The van der Waals surface area contributed by atoms with Crippen molar-refractivity contribution in [2.75, 3.05) is 6.54 Å². The van der Waals surface area contributed by atoms with E-state index in [1.54, 1.807) is 6.92 Å². The first-order valence-corrected chi connectivity index (χ1v) is 10.4. The van der Waals surface area contributed by atoms with Crippen LogP contribution in [0, 0.1) is 0 Å². The fourth-order valence-electron chi connectivity index (χ4n) is 3.16. The topological polar surface area (TPSA) is 74.3 Å². The molecule has 0 N–H and O–H groups in total. The van der Waals surface area contributed by atoms with Gasteiger partial charge in [-0.3, -0.25) is 14.5 Å². The van der Waals surface area contributed by atoms with E-state index in [9.17, 15) is 9.59 Å². The Morgan fingerprint density at radius 2 is 1.22 bits per heavy atom. The number of imide groups is 1. The quantitative estimate of drug-likeness (QED) is 0.237. The Kier molecular flexibility index (Phi) is 7.26. The van der Waals surface area contributed by atoms with E-state index in [0.717, 1.165) is 16.0 Å². The largest absolute Gasteiger partial charge is 0.270 e. The Bertz CT molecular complexity index is 913. The van der Waals surface area contributed by atoms with Gasteiger partial charge in [0.05, 0.1) is 6.54 Å². The molecule has 1 aliphatic heterocycles. The Hall–Kier alpha value is -2.84. The van der Waals surface area contributed by atoms with Gasteiger partial charge in [0, 0.05) is 11.6 Å². The molecule has 0 spiro atoms. The zero-order valence-electron chi connectivity index (χ0n) is 19.0. The molecular formula is C25H29NO6. The predicted octanol–water partition coefficient (Wildman–Crippen LogP) is 4.39. The summed E-state index contributed by atoms with van der Waals surface area (Å²) in [5.74, 6) is -0.842. The van der Waals surface area contributed by atoms with Crippen LogP contribution in [0.2, 0.25) is 0 Å². The molecule has 0 fully saturated rings. The molecule has 2 aromatic rings. The summed E-state index contributed by atoms with van der Waals surface area (Å²) in [6.45, 7) is 8.75. The van der Waals surface area contributed by atoms with Gasteiger partial charge in [0.2, 0.25) is 6.29 Å². The summed E-state index contributed by atoms with van der Waals surface area (Å²) in [7, 11) is 0. The number of rotatable bonds is 10. The van der Waals surface area contributed by atoms with E-state index in [2.05, 4.69) is 0 Å². The summed E-state index contributed by atoms with van der Waals surface area (Å²) in [6, 6.07) is 19.1. The Morgan fingerprint density at radius 1 is 0.781 bits per heavy atom. The second-order valence-electron chi connectivity index (χ2n) is 8.62. The summed E-state index contributed by atoms with van der Waals surface area (Å²) in [5.41, 5.74) is 0.491. The second-order valence-corrected chi connectivity index (χ2v) is 8.62. The van der Waals surface area contributed by atoms with Gasteiger partial charge in [0.15, 0.2) is 0 Å². The van der Waals surface area contributed by atoms with Crippen molar-refractivity contribution in [3.8, 4) is 0 Å². The molecule has 0 atom stereocenters.